The summed E-state index contributed by atoms with van der Waals surface area (Å²) in [6.07, 6.45) is 6.65. The molecule has 8 atom stereocenters. The summed E-state index contributed by atoms with van der Waals surface area (Å²) < 4.78 is 12.7. The molecule has 5 rings (SSSR count). The Morgan fingerprint density at radius 1 is 1.12 bits per heavy atom. The minimum Gasteiger partial charge on any atom is -0.481 e. The van der Waals surface area contributed by atoms with E-state index >= 15 is 0 Å². The number of fused-ring (bicyclic) bond motifs is 4. The maximum atomic E-state index is 12.1. The summed E-state index contributed by atoms with van der Waals surface area (Å²) >= 11 is 0. The molecule has 0 aromatic heterocycles. The van der Waals surface area contributed by atoms with Gasteiger partial charge in [-0.2, -0.15) is 0 Å². The number of epoxide rings is 2. The number of carbonyl (C=O) groups is 1. The van der Waals surface area contributed by atoms with E-state index in [1.54, 1.807) is 0 Å². The Morgan fingerprint density at radius 2 is 1.88 bits per heavy atom. The molecule has 5 aliphatic rings. The van der Waals surface area contributed by atoms with E-state index in [2.05, 4.69) is 20.8 Å². The van der Waals surface area contributed by atoms with Crippen molar-refractivity contribution in [2.24, 2.45) is 28.6 Å². The van der Waals surface area contributed by atoms with Crippen molar-refractivity contribution in [3.8, 4) is 0 Å². The molecule has 0 unspecified atom stereocenters. The molecule has 5 fully saturated rings. The Bertz CT molecular complexity index is 617. The van der Waals surface area contributed by atoms with Crippen LogP contribution in [-0.4, -0.2) is 34.5 Å². The van der Waals surface area contributed by atoms with Crippen molar-refractivity contribution in [2.75, 3.05) is 0 Å². The van der Waals surface area contributed by atoms with Gasteiger partial charge in [-0.05, 0) is 62.2 Å². The molecule has 2 aliphatic heterocycles. The Balaban J connectivity index is 1.53. The first kappa shape index (κ1) is 15.6. The number of hydrogen-bond acceptors (Lipinski definition) is 3. The molecule has 2 saturated heterocycles. The van der Waals surface area contributed by atoms with Gasteiger partial charge in [0.1, 0.15) is 17.3 Å². The van der Waals surface area contributed by atoms with E-state index < -0.39 is 11.4 Å². The largest absolute Gasteiger partial charge is 0.481 e. The maximum Gasteiger partial charge on any atom is 0.309 e. The van der Waals surface area contributed by atoms with E-state index in [-0.39, 0.29) is 28.6 Å². The van der Waals surface area contributed by atoms with E-state index in [0.29, 0.717) is 17.9 Å². The predicted molar refractivity (Wildman–Crippen MR) is 88.6 cm³/mol. The van der Waals surface area contributed by atoms with Crippen LogP contribution in [0.1, 0.15) is 66.2 Å². The monoisotopic (exact) mass is 334 g/mol. The smallest absolute Gasteiger partial charge is 0.309 e. The van der Waals surface area contributed by atoms with Crippen LogP contribution in [0.4, 0.5) is 0 Å². The standard InChI is InChI=1S/C20H30O4/c1-11(2)20-14(23-20)10-13-17(3)7-5-8-18(4,16(21)22)12(17)6-9-19(13)15(20)24-19/h11-15H,5-10H2,1-4H3,(H,21,22)/t12-,13-,14+,15-,17+,18-,19-,20+/m1/s1. The second-order valence-corrected chi connectivity index (χ2v) is 10.0. The lowest BCUT2D eigenvalue weighted by Crippen LogP contribution is -2.60. The van der Waals surface area contributed by atoms with Crippen LogP contribution in [0.2, 0.25) is 0 Å². The summed E-state index contributed by atoms with van der Waals surface area (Å²) in [6, 6.07) is 0. The average molecular weight is 334 g/mol. The number of aliphatic carboxylic acids is 1. The minimum absolute atomic E-state index is 0.0146. The molecule has 1 spiro atoms. The number of hydrogen-bond donors (Lipinski definition) is 1. The molecule has 4 heteroatoms. The van der Waals surface area contributed by atoms with Crippen LogP contribution in [0.15, 0.2) is 0 Å². The second-order valence-electron chi connectivity index (χ2n) is 10.0. The van der Waals surface area contributed by atoms with Gasteiger partial charge in [-0.25, -0.2) is 0 Å². The van der Waals surface area contributed by atoms with Crippen LogP contribution in [0, 0.1) is 28.6 Å². The third-order valence-corrected chi connectivity index (χ3v) is 8.95. The zero-order valence-electron chi connectivity index (χ0n) is 15.3. The van der Waals surface area contributed by atoms with Crippen LogP contribution in [0.25, 0.3) is 0 Å². The van der Waals surface area contributed by atoms with E-state index in [1.807, 2.05) is 6.92 Å². The van der Waals surface area contributed by atoms with Gasteiger partial charge in [0, 0.05) is 0 Å². The second kappa shape index (κ2) is 4.20. The van der Waals surface area contributed by atoms with Gasteiger partial charge < -0.3 is 14.6 Å². The highest BCUT2D eigenvalue weighted by atomic mass is 16.7. The summed E-state index contributed by atoms with van der Waals surface area (Å²) in [5.41, 5.74) is -0.548. The molecule has 0 bridgehead atoms. The van der Waals surface area contributed by atoms with Crippen LogP contribution in [0.3, 0.4) is 0 Å². The molecule has 4 nitrogen and oxygen atoms in total. The lowest BCUT2D eigenvalue weighted by atomic mass is 9.43. The molecule has 3 saturated carbocycles. The summed E-state index contributed by atoms with van der Waals surface area (Å²) in [5.74, 6) is 0.626. The van der Waals surface area contributed by atoms with Crippen molar-refractivity contribution in [3.05, 3.63) is 0 Å². The van der Waals surface area contributed by atoms with Crippen molar-refractivity contribution >= 4 is 5.97 Å². The average Bonchev–Trinajstić information content (AvgIpc) is 3.37. The van der Waals surface area contributed by atoms with Crippen molar-refractivity contribution < 1.29 is 19.4 Å². The van der Waals surface area contributed by atoms with Crippen molar-refractivity contribution in [1.82, 2.24) is 0 Å². The zero-order valence-corrected chi connectivity index (χ0v) is 15.3. The normalized spacial score (nSPS) is 60.5. The van der Waals surface area contributed by atoms with Gasteiger partial charge >= 0.3 is 5.97 Å². The third-order valence-electron chi connectivity index (χ3n) is 8.95. The first-order valence-corrected chi connectivity index (χ1v) is 9.81. The Kier molecular flexibility index (Phi) is 2.73. The van der Waals surface area contributed by atoms with Gasteiger partial charge in [-0.3, -0.25) is 4.79 Å². The molecule has 0 aromatic carbocycles. The predicted octanol–water partition coefficient (Wildman–Crippen LogP) is 3.63. The molecular formula is C20H30O4. The maximum absolute atomic E-state index is 12.1. The molecule has 2 heterocycles. The first-order chi connectivity index (χ1) is 11.2. The number of carboxylic acid groups (broad SMARTS) is 1. The molecule has 0 radical (unpaired) electrons. The molecule has 24 heavy (non-hydrogen) atoms. The minimum atomic E-state index is -0.599. The van der Waals surface area contributed by atoms with Gasteiger partial charge in [0.25, 0.3) is 0 Å². The van der Waals surface area contributed by atoms with Crippen molar-refractivity contribution in [3.63, 3.8) is 0 Å². The van der Waals surface area contributed by atoms with Gasteiger partial charge in [0.15, 0.2) is 0 Å². The SMILES string of the molecule is CC(C)[C@]12O[C@H]1C[C@@H]1[C@@]3(C)CCC[C@@](C)(C(=O)O)[C@@H]3CC[C@@]13O[C@H]32. The third kappa shape index (κ3) is 1.48. The summed E-state index contributed by atoms with van der Waals surface area (Å²) in [4.78, 5) is 12.1. The van der Waals surface area contributed by atoms with Gasteiger partial charge in [-0.1, -0.05) is 27.2 Å². The Morgan fingerprint density at radius 3 is 2.54 bits per heavy atom. The summed E-state index contributed by atoms with van der Waals surface area (Å²) in [7, 11) is 0. The highest BCUT2D eigenvalue weighted by Crippen LogP contribution is 2.76. The fourth-order valence-electron chi connectivity index (χ4n) is 7.62. The van der Waals surface area contributed by atoms with Crippen LogP contribution in [0.5, 0.6) is 0 Å². The molecule has 3 aliphatic carbocycles. The lowest BCUT2D eigenvalue weighted by Gasteiger charge is -2.59. The Labute approximate surface area is 144 Å². The quantitative estimate of drug-likeness (QED) is 0.783. The van der Waals surface area contributed by atoms with Gasteiger partial charge in [0.2, 0.25) is 0 Å². The van der Waals surface area contributed by atoms with E-state index in [4.69, 9.17) is 9.47 Å². The lowest BCUT2D eigenvalue weighted by molar-refractivity contribution is -0.171. The number of carboxylic acids is 1. The zero-order chi connectivity index (χ0) is 17.1. The molecule has 1 N–H and O–H groups in total. The molecular weight excluding hydrogens is 304 g/mol. The van der Waals surface area contributed by atoms with Crippen LogP contribution < -0.4 is 0 Å². The van der Waals surface area contributed by atoms with E-state index in [0.717, 1.165) is 38.5 Å². The van der Waals surface area contributed by atoms with E-state index in [1.165, 1.54) is 0 Å². The van der Waals surface area contributed by atoms with E-state index in [9.17, 15) is 9.90 Å². The summed E-state index contributed by atoms with van der Waals surface area (Å²) in [5, 5.41) is 9.94. The molecule has 0 amide bonds. The van der Waals surface area contributed by atoms with Gasteiger partial charge in [0.05, 0.1) is 11.5 Å². The first-order valence-electron chi connectivity index (χ1n) is 9.81. The fourth-order valence-corrected chi connectivity index (χ4v) is 7.62. The van der Waals surface area contributed by atoms with Crippen LogP contribution >= 0.6 is 0 Å². The molecule has 0 aromatic rings. The highest BCUT2D eigenvalue weighted by Gasteiger charge is 2.85. The van der Waals surface area contributed by atoms with Crippen LogP contribution in [-0.2, 0) is 14.3 Å². The number of ether oxygens (including phenoxy) is 2. The highest BCUT2D eigenvalue weighted by molar-refractivity contribution is 5.75. The number of rotatable bonds is 2. The topological polar surface area (TPSA) is 62.4 Å². The Hall–Kier alpha value is -0.610. The fraction of sp³-hybridized carbons (Fsp3) is 0.950. The molecule has 134 valence electrons. The van der Waals surface area contributed by atoms with Crippen molar-refractivity contribution in [2.45, 2.75) is 89.6 Å². The summed E-state index contributed by atoms with van der Waals surface area (Å²) in [6.45, 7) is 8.87. The van der Waals surface area contributed by atoms with Gasteiger partial charge in [-0.15, -0.1) is 0 Å². The van der Waals surface area contributed by atoms with Crippen molar-refractivity contribution in [1.29, 1.82) is 0 Å².